The molecule has 0 bridgehead atoms. The largest absolute Gasteiger partial charge is 0.386 e. The van der Waals surface area contributed by atoms with Crippen LogP contribution >= 0.6 is 0 Å². The van der Waals surface area contributed by atoms with Gasteiger partial charge in [0.05, 0.1) is 18.2 Å². The molecule has 2 aromatic rings. The standard InChI is InChI=1S/C11H17N5O/c1-3-4-16-8-12-6-9(16)10(17)5-11-13-7-14-15(11)2/h6-8,10,17H,3-5H2,1-2H3. The zero-order valence-corrected chi connectivity index (χ0v) is 10.1. The minimum absolute atomic E-state index is 0.450. The highest BCUT2D eigenvalue weighted by molar-refractivity contribution is 5.05. The lowest BCUT2D eigenvalue weighted by Gasteiger charge is -2.12. The summed E-state index contributed by atoms with van der Waals surface area (Å²) in [5.74, 6) is 0.766. The van der Waals surface area contributed by atoms with Crippen LogP contribution in [0.2, 0.25) is 0 Å². The minimum Gasteiger partial charge on any atom is -0.386 e. The molecule has 0 amide bonds. The summed E-state index contributed by atoms with van der Waals surface area (Å²) in [5, 5.41) is 14.2. The second-order valence-corrected chi connectivity index (χ2v) is 4.03. The predicted molar refractivity (Wildman–Crippen MR) is 62.2 cm³/mol. The summed E-state index contributed by atoms with van der Waals surface area (Å²) < 4.78 is 3.64. The van der Waals surface area contributed by atoms with Gasteiger partial charge in [0, 0.05) is 20.0 Å². The van der Waals surface area contributed by atoms with Gasteiger partial charge in [-0.15, -0.1) is 0 Å². The van der Waals surface area contributed by atoms with E-state index in [0.717, 1.165) is 24.5 Å². The molecule has 6 nitrogen and oxygen atoms in total. The molecule has 0 saturated heterocycles. The van der Waals surface area contributed by atoms with E-state index in [1.807, 2.05) is 11.6 Å². The molecular weight excluding hydrogens is 218 g/mol. The lowest BCUT2D eigenvalue weighted by atomic mass is 10.2. The van der Waals surface area contributed by atoms with Crippen LogP contribution < -0.4 is 0 Å². The van der Waals surface area contributed by atoms with Crippen LogP contribution in [-0.4, -0.2) is 29.4 Å². The molecule has 0 radical (unpaired) electrons. The molecular formula is C11H17N5O. The van der Waals surface area contributed by atoms with Crippen LogP contribution in [0.5, 0.6) is 0 Å². The fourth-order valence-electron chi connectivity index (χ4n) is 1.82. The van der Waals surface area contributed by atoms with Gasteiger partial charge >= 0.3 is 0 Å². The van der Waals surface area contributed by atoms with Gasteiger partial charge in [0.2, 0.25) is 0 Å². The fraction of sp³-hybridized carbons (Fsp3) is 0.545. The highest BCUT2D eigenvalue weighted by Crippen LogP contribution is 2.16. The van der Waals surface area contributed by atoms with E-state index >= 15 is 0 Å². The lowest BCUT2D eigenvalue weighted by Crippen LogP contribution is -2.12. The summed E-state index contributed by atoms with van der Waals surface area (Å²) in [4.78, 5) is 8.18. The van der Waals surface area contributed by atoms with E-state index in [9.17, 15) is 5.11 Å². The van der Waals surface area contributed by atoms with Crippen LogP contribution in [-0.2, 0) is 20.0 Å². The van der Waals surface area contributed by atoms with Gasteiger partial charge in [-0.1, -0.05) is 6.92 Å². The van der Waals surface area contributed by atoms with E-state index in [1.165, 1.54) is 6.33 Å². The van der Waals surface area contributed by atoms with Crippen molar-refractivity contribution in [3.05, 3.63) is 30.4 Å². The number of aliphatic hydroxyl groups excluding tert-OH is 1. The lowest BCUT2D eigenvalue weighted by molar-refractivity contribution is 0.164. The summed E-state index contributed by atoms with van der Waals surface area (Å²) in [7, 11) is 1.82. The van der Waals surface area contributed by atoms with E-state index in [1.54, 1.807) is 17.2 Å². The third kappa shape index (κ3) is 2.52. The normalized spacial score (nSPS) is 12.9. The zero-order valence-electron chi connectivity index (χ0n) is 10.1. The van der Waals surface area contributed by atoms with Gasteiger partial charge in [-0.05, 0) is 6.42 Å². The van der Waals surface area contributed by atoms with Crippen molar-refractivity contribution in [3.63, 3.8) is 0 Å². The van der Waals surface area contributed by atoms with Crippen LogP contribution in [0.1, 0.15) is 31.0 Å². The van der Waals surface area contributed by atoms with Crippen molar-refractivity contribution in [2.45, 2.75) is 32.4 Å². The Morgan fingerprint density at radius 3 is 2.94 bits per heavy atom. The Morgan fingerprint density at radius 2 is 2.29 bits per heavy atom. The first-order chi connectivity index (χ1) is 8.22. The van der Waals surface area contributed by atoms with Crippen LogP contribution in [0.3, 0.4) is 0 Å². The van der Waals surface area contributed by atoms with Gasteiger partial charge in [-0.2, -0.15) is 5.10 Å². The number of rotatable bonds is 5. The third-order valence-electron chi connectivity index (χ3n) is 2.73. The molecule has 0 spiro atoms. The fourth-order valence-corrected chi connectivity index (χ4v) is 1.82. The maximum Gasteiger partial charge on any atom is 0.138 e. The molecule has 6 heteroatoms. The highest BCUT2D eigenvalue weighted by atomic mass is 16.3. The first-order valence-electron chi connectivity index (χ1n) is 5.73. The molecule has 2 rings (SSSR count). The molecule has 2 heterocycles. The van der Waals surface area contributed by atoms with Gasteiger partial charge in [0.1, 0.15) is 18.3 Å². The molecule has 0 saturated carbocycles. The van der Waals surface area contributed by atoms with Gasteiger partial charge in [-0.25, -0.2) is 9.97 Å². The predicted octanol–water partition coefficient (Wildman–Crippen LogP) is 0.698. The molecule has 1 N–H and O–H groups in total. The Morgan fingerprint density at radius 1 is 1.47 bits per heavy atom. The smallest absolute Gasteiger partial charge is 0.138 e. The van der Waals surface area contributed by atoms with Crippen LogP contribution in [0.4, 0.5) is 0 Å². The average molecular weight is 235 g/mol. The summed E-state index contributed by atoms with van der Waals surface area (Å²) in [6, 6.07) is 0. The summed E-state index contributed by atoms with van der Waals surface area (Å²) in [5.41, 5.74) is 0.829. The number of aryl methyl sites for hydroxylation is 2. The van der Waals surface area contributed by atoms with Crippen LogP contribution in [0.25, 0.3) is 0 Å². The van der Waals surface area contributed by atoms with E-state index in [4.69, 9.17) is 0 Å². The SMILES string of the molecule is CCCn1cncc1C(O)Cc1ncnn1C. The van der Waals surface area contributed by atoms with Gasteiger partial charge < -0.3 is 9.67 Å². The summed E-state index contributed by atoms with van der Waals surface area (Å²) >= 11 is 0. The van der Waals surface area contributed by atoms with E-state index < -0.39 is 6.10 Å². The Kier molecular flexibility index (Phi) is 3.53. The number of aromatic nitrogens is 5. The number of nitrogens with zero attached hydrogens (tertiary/aromatic N) is 5. The van der Waals surface area contributed by atoms with E-state index in [2.05, 4.69) is 22.0 Å². The molecule has 0 aliphatic rings. The highest BCUT2D eigenvalue weighted by Gasteiger charge is 2.15. The van der Waals surface area contributed by atoms with Crippen LogP contribution in [0, 0.1) is 0 Å². The number of hydrogen-bond donors (Lipinski definition) is 1. The van der Waals surface area contributed by atoms with E-state index in [-0.39, 0.29) is 0 Å². The third-order valence-corrected chi connectivity index (χ3v) is 2.73. The zero-order chi connectivity index (χ0) is 12.3. The van der Waals surface area contributed by atoms with Gasteiger partial charge in [-0.3, -0.25) is 4.68 Å². The average Bonchev–Trinajstić information content (AvgIpc) is 2.89. The molecule has 0 aliphatic heterocycles. The molecule has 1 unspecified atom stereocenters. The molecule has 0 aromatic carbocycles. The number of aliphatic hydroxyl groups is 1. The number of hydrogen-bond acceptors (Lipinski definition) is 4. The molecule has 92 valence electrons. The molecule has 0 fully saturated rings. The first kappa shape index (κ1) is 11.8. The van der Waals surface area contributed by atoms with Crippen molar-refractivity contribution >= 4 is 0 Å². The maximum absolute atomic E-state index is 10.2. The van der Waals surface area contributed by atoms with Crippen molar-refractivity contribution in [2.75, 3.05) is 0 Å². The second-order valence-electron chi connectivity index (χ2n) is 4.03. The first-order valence-corrected chi connectivity index (χ1v) is 5.73. The van der Waals surface area contributed by atoms with Crippen molar-refractivity contribution < 1.29 is 5.11 Å². The van der Waals surface area contributed by atoms with Crippen molar-refractivity contribution in [3.8, 4) is 0 Å². The summed E-state index contributed by atoms with van der Waals surface area (Å²) in [6.07, 6.45) is 5.82. The minimum atomic E-state index is -0.591. The van der Waals surface area contributed by atoms with Gasteiger partial charge in [0.25, 0.3) is 0 Å². The Hall–Kier alpha value is -1.69. The van der Waals surface area contributed by atoms with E-state index in [0.29, 0.717) is 6.42 Å². The molecule has 2 aromatic heterocycles. The monoisotopic (exact) mass is 235 g/mol. The maximum atomic E-state index is 10.2. The van der Waals surface area contributed by atoms with Crippen LogP contribution in [0.15, 0.2) is 18.9 Å². The van der Waals surface area contributed by atoms with Crippen molar-refractivity contribution in [1.82, 2.24) is 24.3 Å². The molecule has 1 atom stereocenters. The molecule has 17 heavy (non-hydrogen) atoms. The second kappa shape index (κ2) is 5.09. The van der Waals surface area contributed by atoms with Crippen molar-refractivity contribution in [1.29, 1.82) is 0 Å². The molecule has 0 aliphatic carbocycles. The Labute approximate surface area is 99.9 Å². The quantitative estimate of drug-likeness (QED) is 0.828. The topological polar surface area (TPSA) is 68.8 Å². The summed E-state index contributed by atoms with van der Waals surface area (Å²) in [6.45, 7) is 2.96. The van der Waals surface area contributed by atoms with Crippen molar-refractivity contribution in [2.24, 2.45) is 7.05 Å². The van der Waals surface area contributed by atoms with Gasteiger partial charge in [0.15, 0.2) is 0 Å². The number of imidazole rings is 1. The Balaban J connectivity index is 2.11. The Bertz CT molecular complexity index is 476.